The summed E-state index contributed by atoms with van der Waals surface area (Å²) in [4.78, 5) is 90.2. The molecule has 4 amide bonds. The van der Waals surface area contributed by atoms with Gasteiger partial charge in [-0.2, -0.15) is 0 Å². The summed E-state index contributed by atoms with van der Waals surface area (Å²) >= 11 is 0. The SMILES string of the molecule is CC(=O)Oc1ccc2ccc(OC(C)=O)c3c2c1CN1C(=O)N2Cc4c(OC(C)=O)ccc5ccc(OC(C)=O)c(c45)CN4C(=O)N(C3)C1(c1ccccc1)C24c1ccccc1. The minimum atomic E-state index is -1.73. The highest BCUT2D eigenvalue weighted by atomic mass is 16.5. The zero-order valence-electron chi connectivity index (χ0n) is 34.1. The lowest BCUT2D eigenvalue weighted by Gasteiger charge is -2.51. The molecule has 0 aromatic heterocycles. The topological polar surface area (TPSA) is 152 Å². The van der Waals surface area contributed by atoms with Gasteiger partial charge in [0.25, 0.3) is 0 Å². The zero-order chi connectivity index (χ0) is 43.2. The summed E-state index contributed by atoms with van der Waals surface area (Å²) in [6.45, 7) is 4.38. The second-order valence-electron chi connectivity index (χ2n) is 15.7. The second-order valence-corrected chi connectivity index (χ2v) is 15.7. The van der Waals surface area contributed by atoms with Crippen LogP contribution in [0.1, 0.15) is 61.1 Å². The molecule has 4 aliphatic heterocycles. The van der Waals surface area contributed by atoms with Crippen LogP contribution in [0.4, 0.5) is 9.59 Å². The van der Waals surface area contributed by atoms with E-state index in [1.54, 1.807) is 68.1 Å². The fraction of sp³-hybridized carbons (Fsp3) is 0.208. The molecule has 6 aromatic rings. The average molecular weight is 831 g/mol. The Bertz CT molecular complexity index is 2630. The summed E-state index contributed by atoms with van der Waals surface area (Å²) < 4.78 is 23.6. The van der Waals surface area contributed by atoms with Gasteiger partial charge in [0.15, 0.2) is 11.3 Å². The summed E-state index contributed by atoms with van der Waals surface area (Å²) in [5.74, 6) is -1.62. The zero-order valence-corrected chi connectivity index (χ0v) is 34.1. The van der Waals surface area contributed by atoms with Crippen LogP contribution in [0.2, 0.25) is 0 Å². The van der Waals surface area contributed by atoms with E-state index < -0.39 is 47.3 Å². The quantitative estimate of drug-likeness (QED) is 0.121. The second kappa shape index (κ2) is 13.9. The first-order valence-corrected chi connectivity index (χ1v) is 20.0. The molecule has 4 heterocycles. The van der Waals surface area contributed by atoms with E-state index in [-0.39, 0.29) is 49.2 Å². The number of benzene rings is 6. The lowest BCUT2D eigenvalue weighted by Crippen LogP contribution is -2.63. The number of carbonyl (C=O) groups is 6. The van der Waals surface area contributed by atoms with Gasteiger partial charge in [0.1, 0.15) is 23.0 Å². The Balaban J connectivity index is 1.38. The molecule has 62 heavy (non-hydrogen) atoms. The van der Waals surface area contributed by atoms with E-state index >= 15 is 9.59 Å². The van der Waals surface area contributed by atoms with Crippen molar-refractivity contribution in [2.24, 2.45) is 0 Å². The van der Waals surface area contributed by atoms with Gasteiger partial charge in [0, 0.05) is 61.1 Å². The summed E-state index contributed by atoms with van der Waals surface area (Å²) in [6.07, 6.45) is 0. The predicted octanol–water partition coefficient (Wildman–Crippen LogP) is 7.60. The average Bonchev–Trinajstić information content (AvgIpc) is 3.55. The number of nitrogens with zero attached hydrogens (tertiary/aromatic N) is 4. The summed E-state index contributed by atoms with van der Waals surface area (Å²) in [6, 6.07) is 31.3. The Hall–Kier alpha value is -7.74. The lowest BCUT2D eigenvalue weighted by atomic mass is 9.77. The molecule has 0 aliphatic carbocycles. The molecule has 0 atom stereocenters. The number of ether oxygens (including phenoxy) is 4. The molecule has 0 unspecified atom stereocenters. The van der Waals surface area contributed by atoms with Crippen molar-refractivity contribution in [2.75, 3.05) is 0 Å². The third-order valence-electron chi connectivity index (χ3n) is 12.2. The Morgan fingerprint density at radius 3 is 0.903 bits per heavy atom. The number of amides is 4. The molecular formula is C48H38N4O10. The maximum Gasteiger partial charge on any atom is 0.325 e. The van der Waals surface area contributed by atoms with E-state index in [2.05, 4.69) is 0 Å². The van der Waals surface area contributed by atoms with Crippen molar-refractivity contribution < 1.29 is 47.7 Å². The highest BCUT2D eigenvalue weighted by Gasteiger charge is 2.80. The fourth-order valence-corrected chi connectivity index (χ4v) is 10.3. The molecule has 14 nitrogen and oxygen atoms in total. The summed E-state index contributed by atoms with van der Waals surface area (Å²) in [5, 5.41) is 2.47. The molecule has 0 N–H and O–H groups in total. The number of urea groups is 2. The Kier molecular flexibility index (Phi) is 8.63. The van der Waals surface area contributed by atoms with Crippen LogP contribution in [0.25, 0.3) is 21.5 Å². The fourth-order valence-electron chi connectivity index (χ4n) is 10.3. The van der Waals surface area contributed by atoms with Gasteiger partial charge in [-0.15, -0.1) is 0 Å². The highest BCUT2D eigenvalue weighted by Crippen LogP contribution is 2.66. The minimum Gasteiger partial charge on any atom is -0.426 e. The first-order valence-electron chi connectivity index (χ1n) is 20.0. The van der Waals surface area contributed by atoms with E-state index in [4.69, 9.17) is 18.9 Å². The van der Waals surface area contributed by atoms with E-state index in [1.807, 2.05) is 60.7 Å². The van der Waals surface area contributed by atoms with Crippen LogP contribution in [0.15, 0.2) is 109 Å². The van der Waals surface area contributed by atoms with Crippen molar-refractivity contribution in [3.05, 3.63) is 143 Å². The Morgan fingerprint density at radius 1 is 0.403 bits per heavy atom. The van der Waals surface area contributed by atoms with E-state index in [0.717, 1.165) is 0 Å². The maximum absolute atomic E-state index is 16.2. The monoisotopic (exact) mass is 830 g/mol. The van der Waals surface area contributed by atoms with Gasteiger partial charge in [0.2, 0.25) is 0 Å². The molecule has 0 bridgehead atoms. The molecule has 4 aliphatic rings. The normalized spacial score (nSPS) is 19.7. The van der Waals surface area contributed by atoms with Crippen LogP contribution < -0.4 is 18.9 Å². The number of hydrogen-bond acceptors (Lipinski definition) is 10. The maximum atomic E-state index is 16.2. The third-order valence-corrected chi connectivity index (χ3v) is 12.2. The van der Waals surface area contributed by atoms with E-state index in [0.29, 0.717) is 54.9 Å². The number of hydrogen-bond donors (Lipinski definition) is 0. The third kappa shape index (κ3) is 5.28. The minimum absolute atomic E-state index is 0.185. The first kappa shape index (κ1) is 38.5. The van der Waals surface area contributed by atoms with Gasteiger partial charge < -0.3 is 18.9 Å². The molecule has 2 saturated heterocycles. The van der Waals surface area contributed by atoms with Crippen LogP contribution in [-0.2, 0) is 56.7 Å². The van der Waals surface area contributed by atoms with Gasteiger partial charge in [-0.05, 0) is 45.8 Å². The van der Waals surface area contributed by atoms with Gasteiger partial charge in [-0.25, -0.2) is 9.59 Å². The lowest BCUT2D eigenvalue weighted by molar-refractivity contribution is -0.133. The summed E-state index contributed by atoms with van der Waals surface area (Å²) in [7, 11) is 0. The molecule has 0 saturated carbocycles. The smallest absolute Gasteiger partial charge is 0.325 e. The van der Waals surface area contributed by atoms with Crippen molar-refractivity contribution in [1.82, 2.24) is 19.6 Å². The highest BCUT2D eigenvalue weighted by molar-refractivity contribution is 5.99. The van der Waals surface area contributed by atoms with Gasteiger partial charge in [0.05, 0.1) is 26.2 Å². The van der Waals surface area contributed by atoms with Crippen LogP contribution in [0, 0.1) is 0 Å². The molecule has 10 rings (SSSR count). The van der Waals surface area contributed by atoms with Crippen LogP contribution in [-0.4, -0.2) is 55.5 Å². The predicted molar refractivity (Wildman–Crippen MR) is 222 cm³/mol. The first-order chi connectivity index (χ1) is 29.9. The van der Waals surface area contributed by atoms with E-state index in [9.17, 15) is 19.2 Å². The molecule has 2 fully saturated rings. The number of rotatable bonds is 6. The van der Waals surface area contributed by atoms with Crippen molar-refractivity contribution in [1.29, 1.82) is 0 Å². The van der Waals surface area contributed by atoms with Crippen molar-refractivity contribution in [3.63, 3.8) is 0 Å². The van der Waals surface area contributed by atoms with Crippen LogP contribution >= 0.6 is 0 Å². The molecule has 14 heteroatoms. The largest absolute Gasteiger partial charge is 0.426 e. The molecule has 0 radical (unpaired) electrons. The number of carbonyl (C=O) groups excluding carboxylic acids is 6. The number of esters is 4. The van der Waals surface area contributed by atoms with Crippen LogP contribution in [0.5, 0.6) is 23.0 Å². The van der Waals surface area contributed by atoms with E-state index in [1.165, 1.54) is 27.7 Å². The van der Waals surface area contributed by atoms with Crippen molar-refractivity contribution >= 4 is 57.5 Å². The molecule has 0 spiro atoms. The molecule has 6 aromatic carbocycles. The standard InChI is InChI=1S/C48H38N4O10/c1-27(53)59-39-19-15-31-16-20-40(60-28(2)54)36-24-50-46(58)52-26-38-42(62-30(4)56)22-18-32-17-21-41(61-29(3)55)37(44(32)38)25-51-45(57)49(23-35(39)43(31)36)47(50,33-11-7-5-8-12-33)48(51,52)34-13-9-6-10-14-34/h5-22H,23-26H2,1-4H3. The molecular weight excluding hydrogens is 793 g/mol. The van der Waals surface area contributed by atoms with Crippen molar-refractivity contribution in [2.45, 2.75) is 65.2 Å². The van der Waals surface area contributed by atoms with Gasteiger partial charge in [-0.3, -0.25) is 38.8 Å². The van der Waals surface area contributed by atoms with Gasteiger partial charge >= 0.3 is 35.9 Å². The van der Waals surface area contributed by atoms with Crippen LogP contribution in [0.3, 0.4) is 0 Å². The van der Waals surface area contributed by atoms with Gasteiger partial charge in [-0.1, -0.05) is 84.9 Å². The Morgan fingerprint density at radius 2 is 0.661 bits per heavy atom. The van der Waals surface area contributed by atoms with Crippen molar-refractivity contribution in [3.8, 4) is 23.0 Å². The summed E-state index contributed by atoms with van der Waals surface area (Å²) in [5.41, 5.74) is -0.505. The Labute approximate surface area is 354 Å². The molecule has 310 valence electrons.